The molecule has 0 radical (unpaired) electrons. The van der Waals surface area contributed by atoms with Crippen LogP contribution in [0.2, 0.25) is 0 Å². The lowest BCUT2D eigenvalue weighted by Gasteiger charge is -2.31. The first kappa shape index (κ1) is 9.43. The third-order valence-corrected chi connectivity index (χ3v) is 2.27. The quantitative estimate of drug-likeness (QED) is 0.699. The van der Waals surface area contributed by atoms with Crippen molar-refractivity contribution in [3.8, 4) is 0 Å². The minimum Gasteiger partial charge on any atom is -0.432 e. The molecule has 1 saturated heterocycles. The monoisotopic (exact) mass is 202 g/mol. The fourth-order valence-electron chi connectivity index (χ4n) is 1.62. The predicted octanol–water partition coefficient (Wildman–Crippen LogP) is 2.22. The zero-order valence-corrected chi connectivity index (χ0v) is 7.96. The van der Waals surface area contributed by atoms with Gasteiger partial charge in [-0.2, -0.15) is 4.98 Å². The van der Waals surface area contributed by atoms with E-state index in [4.69, 9.17) is 4.42 Å². The first-order chi connectivity index (χ1) is 6.57. The van der Waals surface area contributed by atoms with Gasteiger partial charge in [0.25, 0.3) is 11.9 Å². The number of nitrogens with zero attached hydrogens (tertiary/aromatic N) is 2. The number of oxazole rings is 1. The lowest BCUT2D eigenvalue weighted by Crippen LogP contribution is -2.42. The number of hydrogen-bond donors (Lipinski definition) is 0. The molecule has 1 fully saturated rings. The van der Waals surface area contributed by atoms with Gasteiger partial charge in [0, 0.05) is 13.0 Å². The highest BCUT2D eigenvalue weighted by Gasteiger charge is 2.36. The number of aryl methyl sites for hydroxylation is 1. The van der Waals surface area contributed by atoms with Crippen molar-refractivity contribution in [1.82, 2.24) is 4.98 Å². The fraction of sp³-hybridized carbons (Fsp3) is 0.667. The molecular weight excluding hydrogens is 190 g/mol. The highest BCUT2D eigenvalue weighted by molar-refractivity contribution is 5.28. The molecule has 1 aromatic rings. The van der Waals surface area contributed by atoms with Crippen molar-refractivity contribution >= 4 is 6.01 Å². The van der Waals surface area contributed by atoms with Crippen molar-refractivity contribution in [2.24, 2.45) is 0 Å². The molecule has 3 nitrogen and oxygen atoms in total. The van der Waals surface area contributed by atoms with Gasteiger partial charge >= 0.3 is 0 Å². The molecule has 2 heterocycles. The molecule has 0 unspecified atom stereocenters. The molecule has 0 N–H and O–H groups in total. The number of rotatable bonds is 1. The fourth-order valence-corrected chi connectivity index (χ4v) is 1.62. The summed E-state index contributed by atoms with van der Waals surface area (Å²) < 4.78 is 31.2. The maximum Gasteiger partial charge on any atom is 0.297 e. The molecule has 0 aromatic carbocycles. The van der Waals surface area contributed by atoms with Crippen molar-refractivity contribution in [3.63, 3.8) is 0 Å². The average Bonchev–Trinajstić information content (AvgIpc) is 2.50. The van der Waals surface area contributed by atoms with Crippen LogP contribution in [0.3, 0.4) is 0 Å². The van der Waals surface area contributed by atoms with E-state index >= 15 is 0 Å². The SMILES string of the molecule is Cc1coc(N2CCCC(F)(F)C2)n1. The summed E-state index contributed by atoms with van der Waals surface area (Å²) in [6.07, 6.45) is 1.92. The number of anilines is 1. The van der Waals surface area contributed by atoms with Crippen LogP contribution in [0.5, 0.6) is 0 Å². The number of alkyl halides is 2. The van der Waals surface area contributed by atoms with Gasteiger partial charge in [0.2, 0.25) is 0 Å². The molecule has 2 rings (SSSR count). The summed E-state index contributed by atoms with van der Waals surface area (Å²) in [5, 5.41) is 0. The Labute approximate surface area is 80.7 Å². The van der Waals surface area contributed by atoms with Gasteiger partial charge in [0.05, 0.1) is 12.2 Å². The number of aromatic nitrogens is 1. The first-order valence-corrected chi connectivity index (χ1v) is 4.62. The summed E-state index contributed by atoms with van der Waals surface area (Å²) in [5.74, 6) is -2.61. The van der Waals surface area contributed by atoms with Crippen molar-refractivity contribution < 1.29 is 13.2 Å². The van der Waals surface area contributed by atoms with Crippen LogP contribution in [0.1, 0.15) is 18.5 Å². The van der Waals surface area contributed by atoms with E-state index in [1.807, 2.05) is 0 Å². The molecule has 0 spiro atoms. The normalized spacial score (nSPS) is 21.2. The van der Waals surface area contributed by atoms with Gasteiger partial charge in [0.1, 0.15) is 6.26 Å². The molecule has 0 atom stereocenters. The Morgan fingerprint density at radius 1 is 1.57 bits per heavy atom. The van der Waals surface area contributed by atoms with Crippen molar-refractivity contribution in [2.75, 3.05) is 18.0 Å². The topological polar surface area (TPSA) is 29.3 Å². The lowest BCUT2D eigenvalue weighted by atomic mass is 10.1. The molecule has 1 aliphatic heterocycles. The molecule has 14 heavy (non-hydrogen) atoms. The summed E-state index contributed by atoms with van der Waals surface area (Å²) in [7, 11) is 0. The van der Waals surface area contributed by atoms with Crippen molar-refractivity contribution in [3.05, 3.63) is 12.0 Å². The Morgan fingerprint density at radius 3 is 2.93 bits per heavy atom. The molecule has 5 heteroatoms. The van der Waals surface area contributed by atoms with Gasteiger partial charge in [-0.25, -0.2) is 8.78 Å². The van der Waals surface area contributed by atoms with E-state index in [-0.39, 0.29) is 13.0 Å². The van der Waals surface area contributed by atoms with E-state index in [0.717, 1.165) is 0 Å². The Morgan fingerprint density at radius 2 is 2.36 bits per heavy atom. The second kappa shape index (κ2) is 3.22. The summed E-state index contributed by atoms with van der Waals surface area (Å²) in [6.45, 7) is 2.08. The van der Waals surface area contributed by atoms with Gasteiger partial charge in [-0.15, -0.1) is 0 Å². The van der Waals surface area contributed by atoms with Gasteiger partial charge in [0.15, 0.2) is 0 Å². The zero-order chi connectivity index (χ0) is 10.2. The van der Waals surface area contributed by atoms with E-state index in [2.05, 4.69) is 4.98 Å². The van der Waals surface area contributed by atoms with E-state index in [9.17, 15) is 8.78 Å². The van der Waals surface area contributed by atoms with E-state index < -0.39 is 5.92 Å². The second-order valence-electron chi connectivity index (χ2n) is 3.65. The maximum atomic E-state index is 13.0. The molecule has 0 saturated carbocycles. The highest BCUT2D eigenvalue weighted by atomic mass is 19.3. The van der Waals surface area contributed by atoms with Crippen LogP contribution in [0.4, 0.5) is 14.8 Å². The standard InChI is InChI=1S/C9H12F2N2O/c1-7-5-14-8(12-7)13-4-2-3-9(10,11)6-13/h5H,2-4,6H2,1H3. The third kappa shape index (κ3) is 1.86. The molecule has 0 amide bonds. The highest BCUT2D eigenvalue weighted by Crippen LogP contribution is 2.29. The average molecular weight is 202 g/mol. The Bertz CT molecular complexity index is 324. The Hall–Kier alpha value is -1.13. The van der Waals surface area contributed by atoms with Gasteiger partial charge in [-0.3, -0.25) is 0 Å². The van der Waals surface area contributed by atoms with Crippen LogP contribution in [0, 0.1) is 6.92 Å². The van der Waals surface area contributed by atoms with E-state index in [0.29, 0.717) is 24.7 Å². The number of hydrogen-bond acceptors (Lipinski definition) is 3. The van der Waals surface area contributed by atoms with Crippen LogP contribution in [0.25, 0.3) is 0 Å². The third-order valence-electron chi connectivity index (χ3n) is 2.27. The smallest absolute Gasteiger partial charge is 0.297 e. The minimum atomic E-state index is -2.61. The molecule has 78 valence electrons. The van der Waals surface area contributed by atoms with E-state index in [1.165, 1.54) is 11.2 Å². The zero-order valence-electron chi connectivity index (χ0n) is 7.96. The van der Waals surface area contributed by atoms with Gasteiger partial charge < -0.3 is 9.32 Å². The lowest BCUT2D eigenvalue weighted by molar-refractivity contribution is -0.0128. The molecular formula is C9H12F2N2O. The molecule has 0 bridgehead atoms. The van der Waals surface area contributed by atoms with Crippen LogP contribution in [-0.4, -0.2) is 24.0 Å². The Kier molecular flexibility index (Phi) is 2.17. The van der Waals surface area contributed by atoms with Crippen LogP contribution in [-0.2, 0) is 0 Å². The summed E-state index contributed by atoms with van der Waals surface area (Å²) in [6, 6.07) is 0.307. The first-order valence-electron chi connectivity index (χ1n) is 4.62. The van der Waals surface area contributed by atoms with Crippen molar-refractivity contribution in [1.29, 1.82) is 0 Å². The van der Waals surface area contributed by atoms with E-state index in [1.54, 1.807) is 6.92 Å². The molecule has 1 aromatic heterocycles. The predicted molar refractivity (Wildman–Crippen MR) is 47.6 cm³/mol. The summed E-state index contributed by atoms with van der Waals surface area (Å²) >= 11 is 0. The number of piperidine rings is 1. The maximum absolute atomic E-state index is 13.0. The van der Waals surface area contributed by atoms with Crippen LogP contribution in [0.15, 0.2) is 10.7 Å². The summed E-state index contributed by atoms with van der Waals surface area (Å²) in [5.41, 5.74) is 0.717. The molecule has 0 aliphatic carbocycles. The van der Waals surface area contributed by atoms with Gasteiger partial charge in [-0.1, -0.05) is 0 Å². The Balaban J connectivity index is 2.12. The largest absolute Gasteiger partial charge is 0.432 e. The van der Waals surface area contributed by atoms with Crippen LogP contribution < -0.4 is 4.90 Å². The van der Waals surface area contributed by atoms with Gasteiger partial charge in [-0.05, 0) is 13.3 Å². The van der Waals surface area contributed by atoms with Crippen LogP contribution >= 0.6 is 0 Å². The second-order valence-corrected chi connectivity index (χ2v) is 3.65. The van der Waals surface area contributed by atoms with Crippen molar-refractivity contribution in [2.45, 2.75) is 25.7 Å². The number of halogens is 2. The minimum absolute atomic E-state index is 0.0385. The molecule has 1 aliphatic rings. The summed E-state index contributed by atoms with van der Waals surface area (Å²) in [4.78, 5) is 5.52.